The summed E-state index contributed by atoms with van der Waals surface area (Å²) in [6.45, 7) is 6.28. The zero-order valence-electron chi connectivity index (χ0n) is 11.1. The fourth-order valence-electron chi connectivity index (χ4n) is 1.55. The Morgan fingerprint density at radius 3 is 2.50 bits per heavy atom. The number of para-hydroxylation sites is 1. The molecule has 0 heterocycles. The monoisotopic (exact) mass is 248 g/mol. The van der Waals surface area contributed by atoms with Crippen LogP contribution in [0.2, 0.25) is 0 Å². The SMILES string of the molecule is CC(=O)Nc1ccccc1C(=O)NCCC(C)C. The van der Waals surface area contributed by atoms with Crippen LogP contribution in [0.3, 0.4) is 0 Å². The van der Waals surface area contributed by atoms with Gasteiger partial charge in [0.25, 0.3) is 5.91 Å². The molecular weight excluding hydrogens is 228 g/mol. The van der Waals surface area contributed by atoms with Crippen LogP contribution in [0.1, 0.15) is 37.6 Å². The molecule has 0 bridgehead atoms. The third kappa shape index (κ3) is 4.57. The minimum absolute atomic E-state index is 0.153. The van der Waals surface area contributed by atoms with E-state index in [-0.39, 0.29) is 11.8 Å². The molecule has 0 atom stereocenters. The average Bonchev–Trinajstić information content (AvgIpc) is 2.28. The van der Waals surface area contributed by atoms with Crippen molar-refractivity contribution in [2.24, 2.45) is 5.92 Å². The lowest BCUT2D eigenvalue weighted by molar-refractivity contribution is -0.114. The highest BCUT2D eigenvalue weighted by atomic mass is 16.2. The van der Waals surface area contributed by atoms with Gasteiger partial charge in [-0.1, -0.05) is 26.0 Å². The third-order valence-corrected chi connectivity index (χ3v) is 2.49. The van der Waals surface area contributed by atoms with Crippen molar-refractivity contribution in [2.75, 3.05) is 11.9 Å². The zero-order chi connectivity index (χ0) is 13.5. The van der Waals surface area contributed by atoms with E-state index in [1.807, 2.05) is 0 Å². The number of carbonyl (C=O) groups excluding carboxylic acids is 2. The van der Waals surface area contributed by atoms with E-state index < -0.39 is 0 Å². The predicted octanol–water partition coefficient (Wildman–Crippen LogP) is 2.42. The van der Waals surface area contributed by atoms with Crippen LogP contribution >= 0.6 is 0 Å². The van der Waals surface area contributed by atoms with Crippen molar-refractivity contribution in [2.45, 2.75) is 27.2 Å². The van der Waals surface area contributed by atoms with Crippen molar-refractivity contribution in [3.05, 3.63) is 29.8 Å². The van der Waals surface area contributed by atoms with E-state index in [0.717, 1.165) is 6.42 Å². The van der Waals surface area contributed by atoms with E-state index in [4.69, 9.17) is 0 Å². The summed E-state index contributed by atoms with van der Waals surface area (Å²) in [5, 5.41) is 5.51. The molecule has 1 rings (SSSR count). The zero-order valence-corrected chi connectivity index (χ0v) is 11.1. The first-order chi connectivity index (χ1) is 8.50. The molecule has 0 aliphatic carbocycles. The normalized spacial score (nSPS) is 10.2. The lowest BCUT2D eigenvalue weighted by Gasteiger charge is -2.11. The maximum absolute atomic E-state index is 12.0. The Morgan fingerprint density at radius 1 is 1.22 bits per heavy atom. The summed E-state index contributed by atoms with van der Waals surface area (Å²) in [6.07, 6.45) is 0.939. The topological polar surface area (TPSA) is 58.2 Å². The first kappa shape index (κ1) is 14.2. The van der Waals surface area contributed by atoms with E-state index >= 15 is 0 Å². The molecule has 0 radical (unpaired) electrons. The Morgan fingerprint density at radius 2 is 1.89 bits per heavy atom. The molecule has 2 N–H and O–H groups in total. The van der Waals surface area contributed by atoms with Gasteiger partial charge in [0, 0.05) is 13.5 Å². The first-order valence-corrected chi connectivity index (χ1v) is 6.15. The summed E-state index contributed by atoms with van der Waals surface area (Å²) in [7, 11) is 0. The molecule has 0 aliphatic heterocycles. The van der Waals surface area contributed by atoms with Crippen LogP contribution in [0.15, 0.2) is 24.3 Å². The van der Waals surface area contributed by atoms with Crippen LogP contribution < -0.4 is 10.6 Å². The molecule has 1 aromatic carbocycles. The number of amides is 2. The Kier molecular flexibility index (Phi) is 5.36. The van der Waals surface area contributed by atoms with Gasteiger partial charge in [-0.05, 0) is 24.5 Å². The number of rotatable bonds is 5. The van der Waals surface area contributed by atoms with Crippen molar-refractivity contribution >= 4 is 17.5 Å². The standard InChI is InChI=1S/C14H20N2O2/c1-10(2)8-9-15-14(18)12-6-4-5-7-13(12)16-11(3)17/h4-7,10H,8-9H2,1-3H3,(H,15,18)(H,16,17). The minimum Gasteiger partial charge on any atom is -0.352 e. The highest BCUT2D eigenvalue weighted by molar-refractivity contribution is 6.03. The molecule has 1 aromatic rings. The fraction of sp³-hybridized carbons (Fsp3) is 0.429. The highest BCUT2D eigenvalue weighted by Crippen LogP contribution is 2.14. The van der Waals surface area contributed by atoms with Gasteiger partial charge in [0.05, 0.1) is 11.3 Å². The Hall–Kier alpha value is -1.84. The summed E-state index contributed by atoms with van der Waals surface area (Å²) in [6, 6.07) is 6.99. The Balaban J connectivity index is 2.69. The van der Waals surface area contributed by atoms with Gasteiger partial charge in [0.2, 0.25) is 5.91 Å². The van der Waals surface area contributed by atoms with E-state index in [1.54, 1.807) is 24.3 Å². The van der Waals surface area contributed by atoms with Gasteiger partial charge in [-0.2, -0.15) is 0 Å². The van der Waals surface area contributed by atoms with Crippen molar-refractivity contribution in [3.63, 3.8) is 0 Å². The van der Waals surface area contributed by atoms with Crippen molar-refractivity contribution in [1.29, 1.82) is 0 Å². The molecule has 0 fully saturated rings. The second-order valence-electron chi connectivity index (χ2n) is 4.67. The number of nitrogens with one attached hydrogen (secondary N) is 2. The fourth-order valence-corrected chi connectivity index (χ4v) is 1.55. The van der Waals surface area contributed by atoms with E-state index in [1.165, 1.54) is 6.92 Å². The predicted molar refractivity (Wildman–Crippen MR) is 72.5 cm³/mol. The van der Waals surface area contributed by atoms with Crippen molar-refractivity contribution in [3.8, 4) is 0 Å². The van der Waals surface area contributed by atoms with Crippen LogP contribution in [0, 0.1) is 5.92 Å². The molecule has 4 nitrogen and oxygen atoms in total. The largest absolute Gasteiger partial charge is 0.352 e. The second kappa shape index (κ2) is 6.79. The molecule has 0 spiro atoms. The first-order valence-electron chi connectivity index (χ1n) is 6.15. The maximum Gasteiger partial charge on any atom is 0.253 e. The molecule has 4 heteroatoms. The number of anilines is 1. The average molecular weight is 248 g/mol. The van der Waals surface area contributed by atoms with Gasteiger partial charge in [-0.15, -0.1) is 0 Å². The minimum atomic E-state index is -0.183. The number of hydrogen-bond acceptors (Lipinski definition) is 2. The van der Waals surface area contributed by atoms with Crippen LogP contribution in [0.4, 0.5) is 5.69 Å². The highest BCUT2D eigenvalue weighted by Gasteiger charge is 2.11. The number of hydrogen-bond donors (Lipinski definition) is 2. The molecule has 0 aliphatic rings. The lowest BCUT2D eigenvalue weighted by atomic mass is 10.1. The van der Waals surface area contributed by atoms with E-state index in [9.17, 15) is 9.59 Å². The van der Waals surface area contributed by atoms with Gasteiger partial charge < -0.3 is 10.6 Å². The molecule has 0 saturated heterocycles. The van der Waals surface area contributed by atoms with Crippen LogP contribution in [0.25, 0.3) is 0 Å². The Bertz CT molecular complexity index is 428. The second-order valence-corrected chi connectivity index (χ2v) is 4.67. The summed E-state index contributed by atoms with van der Waals surface area (Å²) < 4.78 is 0. The molecule has 0 aromatic heterocycles. The van der Waals surface area contributed by atoms with Crippen LogP contribution in [0.5, 0.6) is 0 Å². The van der Waals surface area contributed by atoms with Crippen LogP contribution in [-0.4, -0.2) is 18.4 Å². The Labute approximate surface area is 108 Å². The van der Waals surface area contributed by atoms with E-state index in [0.29, 0.717) is 23.7 Å². The van der Waals surface area contributed by atoms with Crippen molar-refractivity contribution < 1.29 is 9.59 Å². The lowest BCUT2D eigenvalue weighted by Crippen LogP contribution is -2.26. The summed E-state index contributed by atoms with van der Waals surface area (Å²) in [5.41, 5.74) is 1.04. The van der Waals surface area contributed by atoms with Gasteiger partial charge in [-0.25, -0.2) is 0 Å². The number of benzene rings is 1. The van der Waals surface area contributed by atoms with Gasteiger partial charge in [0.1, 0.15) is 0 Å². The molecule has 2 amide bonds. The van der Waals surface area contributed by atoms with Crippen LogP contribution in [-0.2, 0) is 4.79 Å². The van der Waals surface area contributed by atoms with Gasteiger partial charge >= 0.3 is 0 Å². The maximum atomic E-state index is 12.0. The van der Waals surface area contributed by atoms with E-state index in [2.05, 4.69) is 24.5 Å². The van der Waals surface area contributed by atoms with Gasteiger partial charge in [-0.3, -0.25) is 9.59 Å². The smallest absolute Gasteiger partial charge is 0.253 e. The summed E-state index contributed by atoms with van der Waals surface area (Å²) in [4.78, 5) is 23.0. The third-order valence-electron chi connectivity index (χ3n) is 2.49. The molecule has 18 heavy (non-hydrogen) atoms. The summed E-state index contributed by atoms with van der Waals surface area (Å²) >= 11 is 0. The molecule has 0 saturated carbocycles. The number of carbonyl (C=O) groups is 2. The summed E-state index contributed by atoms with van der Waals surface area (Å²) in [5.74, 6) is 0.216. The quantitative estimate of drug-likeness (QED) is 0.840. The molecule has 0 unspecified atom stereocenters. The van der Waals surface area contributed by atoms with Crippen molar-refractivity contribution in [1.82, 2.24) is 5.32 Å². The molecular formula is C14H20N2O2. The van der Waals surface area contributed by atoms with Gasteiger partial charge in [0.15, 0.2) is 0 Å². The molecule has 98 valence electrons.